The fourth-order valence-electron chi connectivity index (χ4n) is 1.95. The summed E-state index contributed by atoms with van der Waals surface area (Å²) < 4.78 is 5.94. The molecule has 0 amide bonds. The Balaban J connectivity index is 2.18. The van der Waals surface area contributed by atoms with Gasteiger partial charge in [0.2, 0.25) is 0 Å². The lowest BCUT2D eigenvalue weighted by Gasteiger charge is -2.23. The third-order valence-electron chi connectivity index (χ3n) is 2.81. The van der Waals surface area contributed by atoms with Crippen LogP contribution < -0.4 is 5.32 Å². The van der Waals surface area contributed by atoms with Gasteiger partial charge in [-0.25, -0.2) is 0 Å². The summed E-state index contributed by atoms with van der Waals surface area (Å²) in [7, 11) is 4.15. The minimum atomic E-state index is 0.106. The molecule has 1 rings (SSSR count). The highest BCUT2D eigenvalue weighted by Gasteiger charge is 2.31. The third-order valence-corrected chi connectivity index (χ3v) is 2.81. The molecule has 0 aromatic carbocycles. The van der Waals surface area contributed by atoms with E-state index >= 15 is 0 Å². The maximum Gasteiger partial charge on any atom is 0.0710 e. The molecule has 3 heteroatoms. The Kier molecular flexibility index (Phi) is 4.35. The van der Waals surface area contributed by atoms with Gasteiger partial charge in [0.1, 0.15) is 0 Å². The van der Waals surface area contributed by atoms with Crippen molar-refractivity contribution < 1.29 is 4.74 Å². The van der Waals surface area contributed by atoms with Crippen molar-refractivity contribution in [1.29, 1.82) is 0 Å². The molecule has 1 aliphatic heterocycles. The van der Waals surface area contributed by atoms with E-state index in [0.717, 1.165) is 19.6 Å². The summed E-state index contributed by atoms with van der Waals surface area (Å²) in [4.78, 5) is 2.34. The molecule has 1 saturated heterocycles. The van der Waals surface area contributed by atoms with Gasteiger partial charge in [-0.2, -0.15) is 0 Å². The summed E-state index contributed by atoms with van der Waals surface area (Å²) in [6.07, 6.45) is 2.83. The van der Waals surface area contributed by atoms with Gasteiger partial charge in [-0.05, 0) is 40.8 Å². The van der Waals surface area contributed by atoms with E-state index in [4.69, 9.17) is 4.74 Å². The van der Waals surface area contributed by atoms with Gasteiger partial charge in [-0.3, -0.25) is 0 Å². The largest absolute Gasteiger partial charge is 0.371 e. The third kappa shape index (κ3) is 3.95. The first-order valence-electron chi connectivity index (χ1n) is 5.54. The summed E-state index contributed by atoms with van der Waals surface area (Å²) in [6, 6.07) is 0. The lowest BCUT2D eigenvalue weighted by molar-refractivity contribution is -0.0257. The van der Waals surface area contributed by atoms with Crippen molar-refractivity contribution in [2.45, 2.75) is 38.4 Å². The van der Waals surface area contributed by atoms with Crippen LogP contribution in [0.3, 0.4) is 0 Å². The van der Waals surface area contributed by atoms with Crippen LogP contribution in [0.4, 0.5) is 0 Å². The van der Waals surface area contributed by atoms with Crippen molar-refractivity contribution in [3.05, 3.63) is 0 Å². The molecule has 0 radical (unpaired) electrons. The van der Waals surface area contributed by atoms with Gasteiger partial charge in [-0.1, -0.05) is 0 Å². The zero-order valence-electron chi connectivity index (χ0n) is 9.97. The fraction of sp³-hybridized carbons (Fsp3) is 1.00. The zero-order valence-corrected chi connectivity index (χ0v) is 9.97. The minimum absolute atomic E-state index is 0.106. The van der Waals surface area contributed by atoms with Crippen molar-refractivity contribution in [3.63, 3.8) is 0 Å². The molecule has 1 heterocycles. The van der Waals surface area contributed by atoms with Crippen LogP contribution in [0.15, 0.2) is 0 Å². The van der Waals surface area contributed by atoms with Crippen LogP contribution in [-0.2, 0) is 4.74 Å². The molecule has 1 atom stereocenters. The van der Waals surface area contributed by atoms with Crippen LogP contribution in [0.2, 0.25) is 0 Å². The van der Waals surface area contributed by atoms with E-state index in [2.05, 4.69) is 31.1 Å². The molecule has 0 aliphatic carbocycles. The molecule has 0 bridgehead atoms. The molecule has 3 nitrogen and oxygen atoms in total. The highest BCUT2D eigenvalue weighted by atomic mass is 16.5. The van der Waals surface area contributed by atoms with Crippen LogP contribution >= 0.6 is 0 Å². The van der Waals surface area contributed by atoms with E-state index in [-0.39, 0.29) is 5.60 Å². The number of likely N-dealkylation sites (N-methyl/N-ethyl adjacent to an activating group) is 2. The minimum Gasteiger partial charge on any atom is -0.371 e. The van der Waals surface area contributed by atoms with Gasteiger partial charge >= 0.3 is 0 Å². The number of hydrogen-bond donors (Lipinski definition) is 1. The van der Waals surface area contributed by atoms with Gasteiger partial charge in [-0.15, -0.1) is 0 Å². The van der Waals surface area contributed by atoms with E-state index in [1.807, 2.05) is 7.05 Å². The average molecular weight is 200 g/mol. The van der Waals surface area contributed by atoms with E-state index in [1.165, 1.54) is 12.8 Å². The second kappa shape index (κ2) is 5.10. The number of rotatable bonds is 5. The number of nitrogens with one attached hydrogen (secondary N) is 1. The van der Waals surface area contributed by atoms with Crippen molar-refractivity contribution in [3.8, 4) is 0 Å². The molecule has 0 aromatic heterocycles. The SMILES string of the molecule is CNCCN(C)CC1CCC(C)(C)O1. The number of nitrogens with zero attached hydrogens (tertiary/aromatic N) is 1. The van der Waals surface area contributed by atoms with Crippen LogP contribution in [-0.4, -0.2) is 50.3 Å². The molecular weight excluding hydrogens is 176 g/mol. The lowest BCUT2D eigenvalue weighted by atomic mass is 10.1. The summed E-state index contributed by atoms with van der Waals surface area (Å²) >= 11 is 0. The second-order valence-electron chi connectivity index (χ2n) is 4.90. The first-order valence-corrected chi connectivity index (χ1v) is 5.54. The van der Waals surface area contributed by atoms with Crippen LogP contribution in [0.25, 0.3) is 0 Å². The smallest absolute Gasteiger partial charge is 0.0710 e. The second-order valence-corrected chi connectivity index (χ2v) is 4.90. The van der Waals surface area contributed by atoms with Crippen molar-refractivity contribution in [2.24, 2.45) is 0 Å². The van der Waals surface area contributed by atoms with Crippen molar-refractivity contribution >= 4 is 0 Å². The average Bonchev–Trinajstić information content (AvgIpc) is 2.42. The topological polar surface area (TPSA) is 24.5 Å². The van der Waals surface area contributed by atoms with E-state index in [1.54, 1.807) is 0 Å². The quantitative estimate of drug-likeness (QED) is 0.719. The number of ether oxygens (including phenoxy) is 1. The van der Waals surface area contributed by atoms with Gasteiger partial charge in [0.15, 0.2) is 0 Å². The Hall–Kier alpha value is -0.120. The monoisotopic (exact) mass is 200 g/mol. The van der Waals surface area contributed by atoms with E-state index in [0.29, 0.717) is 6.10 Å². The van der Waals surface area contributed by atoms with Crippen LogP contribution in [0.5, 0.6) is 0 Å². The molecule has 0 spiro atoms. The summed E-state index contributed by atoms with van der Waals surface area (Å²) in [5.41, 5.74) is 0.106. The normalized spacial score (nSPS) is 25.9. The summed E-state index contributed by atoms with van der Waals surface area (Å²) in [6.45, 7) is 7.57. The molecule has 0 aromatic rings. The Bertz CT molecular complexity index is 171. The zero-order chi connectivity index (χ0) is 10.6. The highest BCUT2D eigenvalue weighted by molar-refractivity contribution is 4.82. The van der Waals surface area contributed by atoms with Crippen LogP contribution in [0.1, 0.15) is 26.7 Å². The Morgan fingerprint density at radius 1 is 1.50 bits per heavy atom. The summed E-state index contributed by atoms with van der Waals surface area (Å²) in [5.74, 6) is 0. The molecule has 84 valence electrons. The van der Waals surface area contributed by atoms with Crippen LogP contribution in [0, 0.1) is 0 Å². The number of hydrogen-bond acceptors (Lipinski definition) is 3. The van der Waals surface area contributed by atoms with Crippen molar-refractivity contribution in [2.75, 3.05) is 33.7 Å². The molecule has 1 N–H and O–H groups in total. The Morgan fingerprint density at radius 3 is 2.71 bits per heavy atom. The predicted molar refractivity (Wildman–Crippen MR) is 59.6 cm³/mol. The molecule has 14 heavy (non-hydrogen) atoms. The maximum absolute atomic E-state index is 5.94. The Morgan fingerprint density at radius 2 is 2.21 bits per heavy atom. The van der Waals surface area contributed by atoms with Gasteiger partial charge in [0.25, 0.3) is 0 Å². The maximum atomic E-state index is 5.94. The standard InChI is InChI=1S/C11H24N2O/c1-11(2)6-5-10(14-11)9-13(4)8-7-12-3/h10,12H,5-9H2,1-4H3. The molecule has 1 unspecified atom stereocenters. The molecule has 0 saturated carbocycles. The van der Waals surface area contributed by atoms with Gasteiger partial charge < -0.3 is 15.0 Å². The lowest BCUT2D eigenvalue weighted by Crippen LogP contribution is -2.34. The molecule has 1 aliphatic rings. The van der Waals surface area contributed by atoms with Gasteiger partial charge in [0.05, 0.1) is 11.7 Å². The first-order chi connectivity index (χ1) is 6.53. The summed E-state index contributed by atoms with van der Waals surface area (Å²) in [5, 5.41) is 3.16. The van der Waals surface area contributed by atoms with Crippen molar-refractivity contribution in [1.82, 2.24) is 10.2 Å². The van der Waals surface area contributed by atoms with E-state index < -0.39 is 0 Å². The first kappa shape index (κ1) is 12.0. The molecular formula is C11H24N2O. The fourth-order valence-corrected chi connectivity index (χ4v) is 1.95. The highest BCUT2D eigenvalue weighted by Crippen LogP contribution is 2.29. The Labute approximate surface area is 87.8 Å². The predicted octanol–water partition coefficient (Wildman–Crippen LogP) is 1.10. The van der Waals surface area contributed by atoms with E-state index in [9.17, 15) is 0 Å². The van der Waals surface area contributed by atoms with Gasteiger partial charge in [0, 0.05) is 19.6 Å². The molecule has 1 fully saturated rings.